The van der Waals surface area contributed by atoms with Crippen molar-refractivity contribution in [1.82, 2.24) is 14.9 Å². The van der Waals surface area contributed by atoms with E-state index < -0.39 is 0 Å². The molecule has 23 heavy (non-hydrogen) atoms. The maximum atomic E-state index is 12.4. The summed E-state index contributed by atoms with van der Waals surface area (Å²) in [7, 11) is 0. The number of carbonyl (C=O) groups is 1. The molecule has 0 fully saturated rings. The van der Waals surface area contributed by atoms with E-state index in [1.165, 1.54) is 10.4 Å². The minimum absolute atomic E-state index is 0.0756. The van der Waals surface area contributed by atoms with Gasteiger partial charge in [-0.2, -0.15) is 0 Å². The van der Waals surface area contributed by atoms with E-state index >= 15 is 0 Å². The van der Waals surface area contributed by atoms with Crippen LogP contribution in [0.15, 0.2) is 17.6 Å². The molecule has 0 saturated heterocycles. The van der Waals surface area contributed by atoms with Crippen molar-refractivity contribution in [2.45, 2.75) is 51.3 Å². The quantitative estimate of drug-likeness (QED) is 0.939. The molecule has 4 heterocycles. The van der Waals surface area contributed by atoms with Crippen LogP contribution in [0.25, 0.3) is 0 Å². The van der Waals surface area contributed by atoms with E-state index in [0.717, 1.165) is 37.3 Å². The third-order valence-corrected chi connectivity index (χ3v) is 5.66. The molecule has 2 aromatic rings. The number of aryl methyl sites for hydroxylation is 2. The normalized spacial score (nSPS) is 23.2. The second-order valence-electron chi connectivity index (χ2n) is 6.38. The fourth-order valence-corrected chi connectivity index (χ4v) is 4.54. The van der Waals surface area contributed by atoms with Crippen molar-refractivity contribution in [2.75, 3.05) is 6.61 Å². The van der Waals surface area contributed by atoms with E-state index in [-0.39, 0.29) is 18.1 Å². The number of imidazole rings is 1. The van der Waals surface area contributed by atoms with Crippen LogP contribution in [0, 0.1) is 6.92 Å². The Morgan fingerprint density at radius 2 is 2.43 bits per heavy atom. The van der Waals surface area contributed by atoms with Gasteiger partial charge < -0.3 is 14.6 Å². The summed E-state index contributed by atoms with van der Waals surface area (Å²) in [6, 6.07) is 2.34. The Balaban J connectivity index is 1.37. The van der Waals surface area contributed by atoms with Crippen LogP contribution >= 0.6 is 11.3 Å². The molecule has 0 aliphatic carbocycles. The second kappa shape index (κ2) is 6.09. The Labute approximate surface area is 139 Å². The Morgan fingerprint density at radius 3 is 3.35 bits per heavy atom. The summed E-state index contributed by atoms with van der Waals surface area (Å²) in [5, 5.41) is 5.27. The molecule has 2 aromatic heterocycles. The van der Waals surface area contributed by atoms with Crippen LogP contribution in [0.5, 0.6) is 0 Å². The van der Waals surface area contributed by atoms with Crippen LogP contribution in [-0.4, -0.2) is 28.1 Å². The number of nitrogens with zero attached hydrogens (tertiary/aromatic N) is 2. The lowest BCUT2D eigenvalue weighted by atomic mass is 10.0. The Bertz CT molecular complexity index is 721. The number of nitrogens with one attached hydrogen (secondary N) is 1. The minimum atomic E-state index is -0.0756. The predicted molar refractivity (Wildman–Crippen MR) is 88.5 cm³/mol. The van der Waals surface area contributed by atoms with Gasteiger partial charge in [-0.05, 0) is 36.8 Å². The molecule has 2 atom stereocenters. The molecule has 4 rings (SSSR count). The van der Waals surface area contributed by atoms with Crippen LogP contribution in [0.4, 0.5) is 0 Å². The number of fused-ring (bicyclic) bond motifs is 2. The number of carbonyl (C=O) groups excluding carboxylic acids is 1. The molecule has 0 saturated carbocycles. The van der Waals surface area contributed by atoms with Gasteiger partial charge in [0.05, 0.1) is 18.7 Å². The van der Waals surface area contributed by atoms with Crippen molar-refractivity contribution < 1.29 is 9.53 Å². The zero-order chi connectivity index (χ0) is 15.8. The topological polar surface area (TPSA) is 56.2 Å². The Hall–Kier alpha value is -1.66. The summed E-state index contributed by atoms with van der Waals surface area (Å²) in [5.74, 6) is 1.22. The molecule has 2 aliphatic rings. The minimum Gasteiger partial charge on any atom is -0.372 e. The van der Waals surface area contributed by atoms with E-state index in [9.17, 15) is 4.79 Å². The molecule has 1 N–H and O–H groups in total. The highest BCUT2D eigenvalue weighted by Crippen LogP contribution is 2.33. The Kier molecular flexibility index (Phi) is 3.95. The number of ether oxygens (including phenoxy) is 1. The van der Waals surface area contributed by atoms with Gasteiger partial charge in [-0.25, -0.2) is 4.98 Å². The predicted octanol–water partition coefficient (Wildman–Crippen LogP) is 2.39. The molecule has 0 spiro atoms. The van der Waals surface area contributed by atoms with Crippen molar-refractivity contribution >= 4 is 17.2 Å². The zero-order valence-corrected chi connectivity index (χ0v) is 14.1. The van der Waals surface area contributed by atoms with Gasteiger partial charge in [-0.1, -0.05) is 0 Å². The lowest BCUT2D eigenvalue weighted by Gasteiger charge is -2.27. The van der Waals surface area contributed by atoms with Gasteiger partial charge in [0.2, 0.25) is 5.91 Å². The summed E-state index contributed by atoms with van der Waals surface area (Å²) in [5.41, 5.74) is 2.39. The fourth-order valence-electron chi connectivity index (χ4n) is 3.53. The van der Waals surface area contributed by atoms with Crippen molar-refractivity contribution in [1.29, 1.82) is 0 Å². The van der Waals surface area contributed by atoms with Gasteiger partial charge in [0.25, 0.3) is 0 Å². The highest BCUT2D eigenvalue weighted by atomic mass is 32.1. The first-order chi connectivity index (χ1) is 11.2. The zero-order valence-electron chi connectivity index (χ0n) is 13.2. The number of rotatable bonds is 3. The monoisotopic (exact) mass is 331 g/mol. The third-order valence-electron chi connectivity index (χ3n) is 4.61. The van der Waals surface area contributed by atoms with E-state index in [1.54, 1.807) is 11.3 Å². The van der Waals surface area contributed by atoms with Gasteiger partial charge in [-0.3, -0.25) is 4.79 Å². The maximum Gasteiger partial charge on any atom is 0.223 e. The highest BCUT2D eigenvalue weighted by molar-refractivity contribution is 7.10. The first-order valence-corrected chi connectivity index (χ1v) is 9.07. The van der Waals surface area contributed by atoms with Crippen molar-refractivity contribution in [3.63, 3.8) is 0 Å². The van der Waals surface area contributed by atoms with Crippen LogP contribution < -0.4 is 5.32 Å². The fraction of sp³-hybridized carbons (Fsp3) is 0.529. The molecule has 0 bridgehead atoms. The van der Waals surface area contributed by atoms with Gasteiger partial charge in [0, 0.05) is 30.1 Å². The molecule has 0 aromatic carbocycles. The summed E-state index contributed by atoms with van der Waals surface area (Å²) in [6.07, 6.45) is 5.25. The molecule has 2 aliphatic heterocycles. The van der Waals surface area contributed by atoms with Crippen LogP contribution in [0.2, 0.25) is 0 Å². The summed E-state index contributed by atoms with van der Waals surface area (Å²) in [6.45, 7) is 3.54. The number of hydrogen-bond donors (Lipinski definition) is 1. The summed E-state index contributed by atoms with van der Waals surface area (Å²) in [4.78, 5) is 18.2. The molecular formula is C17H21N3O2S. The maximum absolute atomic E-state index is 12.4. The van der Waals surface area contributed by atoms with Crippen LogP contribution in [-0.2, 0) is 28.9 Å². The van der Waals surface area contributed by atoms with Crippen molar-refractivity contribution in [3.05, 3.63) is 39.6 Å². The first kappa shape index (κ1) is 14.9. The second-order valence-corrected chi connectivity index (χ2v) is 7.33. The van der Waals surface area contributed by atoms with Crippen LogP contribution in [0.3, 0.4) is 0 Å². The number of thiophene rings is 1. The van der Waals surface area contributed by atoms with E-state index in [1.807, 2.05) is 6.92 Å². The molecule has 0 radical (unpaired) electrons. The van der Waals surface area contributed by atoms with Crippen molar-refractivity contribution in [3.8, 4) is 0 Å². The number of amides is 1. The molecule has 0 unspecified atom stereocenters. The van der Waals surface area contributed by atoms with Gasteiger partial charge >= 0.3 is 0 Å². The lowest BCUT2D eigenvalue weighted by molar-refractivity contribution is -0.125. The molecule has 122 valence electrons. The van der Waals surface area contributed by atoms with Gasteiger partial charge in [0.1, 0.15) is 11.9 Å². The third kappa shape index (κ3) is 3.05. The molecule has 6 heteroatoms. The average molecular weight is 331 g/mol. The SMILES string of the molecule is Cc1cn2c(n1)CC[C@@H](NC(=O)C[C@H]1OCCc3ccsc31)C2. The molecule has 5 nitrogen and oxygen atoms in total. The average Bonchev–Trinajstić information content (AvgIpc) is 3.12. The Morgan fingerprint density at radius 1 is 1.52 bits per heavy atom. The lowest BCUT2D eigenvalue weighted by Crippen LogP contribution is -2.41. The first-order valence-electron chi connectivity index (χ1n) is 8.19. The number of hydrogen-bond acceptors (Lipinski definition) is 4. The van der Waals surface area contributed by atoms with E-state index in [2.05, 4.69) is 32.5 Å². The van der Waals surface area contributed by atoms with E-state index in [4.69, 9.17) is 4.74 Å². The number of aromatic nitrogens is 2. The van der Waals surface area contributed by atoms with Gasteiger partial charge in [0.15, 0.2) is 0 Å². The highest BCUT2D eigenvalue weighted by Gasteiger charge is 2.27. The van der Waals surface area contributed by atoms with Gasteiger partial charge in [-0.15, -0.1) is 11.3 Å². The van der Waals surface area contributed by atoms with E-state index in [0.29, 0.717) is 13.0 Å². The molecular weight excluding hydrogens is 310 g/mol. The van der Waals surface area contributed by atoms with Crippen LogP contribution in [0.1, 0.15) is 40.9 Å². The summed E-state index contributed by atoms with van der Waals surface area (Å²) >= 11 is 1.70. The summed E-state index contributed by atoms with van der Waals surface area (Å²) < 4.78 is 7.98. The molecule has 1 amide bonds. The smallest absolute Gasteiger partial charge is 0.223 e. The largest absolute Gasteiger partial charge is 0.372 e. The van der Waals surface area contributed by atoms with Crippen molar-refractivity contribution in [2.24, 2.45) is 0 Å². The standard InChI is InChI=1S/C17H21N3O2S/c1-11-9-20-10-13(2-3-15(20)18-11)19-16(21)8-14-17-12(4-6-22-14)5-7-23-17/h5,7,9,13-14H,2-4,6,8,10H2,1H3,(H,19,21)/t13-,14-/m1/s1.